The van der Waals surface area contributed by atoms with E-state index in [-0.39, 0.29) is 10.0 Å². The minimum atomic E-state index is 0.0280. The summed E-state index contributed by atoms with van der Waals surface area (Å²) >= 11 is 13.7. The van der Waals surface area contributed by atoms with Crippen molar-refractivity contribution in [2.24, 2.45) is 0 Å². The van der Waals surface area contributed by atoms with Crippen LogP contribution < -0.4 is 0 Å². The zero-order valence-corrected chi connectivity index (χ0v) is 11.3. The molecule has 0 aromatic heterocycles. The number of hydrogen-bond acceptors (Lipinski definition) is 2. The molecule has 0 spiro atoms. The molecule has 0 rings (SSSR count). The van der Waals surface area contributed by atoms with E-state index in [4.69, 9.17) is 32.7 Å². The molecule has 0 fully saturated rings. The predicted octanol–water partition coefficient (Wildman–Crippen LogP) is 2.69. The zero-order valence-electron chi connectivity index (χ0n) is 7.64. The molecule has 0 amide bonds. The maximum absolute atomic E-state index is 5.72. The van der Waals surface area contributed by atoms with Crippen molar-refractivity contribution in [2.75, 3.05) is 31.6 Å². The molecule has 0 aliphatic rings. The third kappa shape index (κ3) is 7.19. The summed E-state index contributed by atoms with van der Waals surface area (Å²) < 4.78 is 10.9. The molecule has 0 N–H and O–H groups in total. The fourth-order valence-corrected chi connectivity index (χ4v) is 2.01. The standard InChI is InChI=1S/C8H15Cl2IO2/c1-2-12-3-4-13-8(6-10)7(11)5-9/h7-8H,2-6H2,1H3. The molecule has 0 bridgehead atoms. The zero-order chi connectivity index (χ0) is 10.1. The van der Waals surface area contributed by atoms with Crippen LogP contribution in [-0.2, 0) is 9.47 Å². The van der Waals surface area contributed by atoms with Crippen molar-refractivity contribution < 1.29 is 9.47 Å². The highest BCUT2D eigenvalue weighted by Gasteiger charge is 2.17. The van der Waals surface area contributed by atoms with Crippen molar-refractivity contribution in [1.82, 2.24) is 0 Å². The minimum absolute atomic E-state index is 0.0280. The lowest BCUT2D eigenvalue weighted by molar-refractivity contribution is 0.0198. The molecule has 80 valence electrons. The predicted molar refractivity (Wildman–Crippen MR) is 65.5 cm³/mol. The molecular weight excluding hydrogens is 326 g/mol. The first-order valence-electron chi connectivity index (χ1n) is 4.21. The van der Waals surface area contributed by atoms with Crippen LogP contribution in [0.2, 0.25) is 0 Å². The van der Waals surface area contributed by atoms with E-state index in [9.17, 15) is 0 Å². The Kier molecular flexibility index (Phi) is 10.7. The van der Waals surface area contributed by atoms with Crippen LogP contribution in [-0.4, -0.2) is 41.6 Å². The molecule has 0 aliphatic heterocycles. The van der Waals surface area contributed by atoms with Crippen LogP contribution in [0.25, 0.3) is 0 Å². The summed E-state index contributed by atoms with van der Waals surface area (Å²) in [4.78, 5) is 0. The van der Waals surface area contributed by atoms with Gasteiger partial charge in [-0.25, -0.2) is 0 Å². The first-order chi connectivity index (χ1) is 6.26. The third-order valence-corrected chi connectivity index (χ3v) is 3.87. The Morgan fingerprint density at radius 1 is 1.23 bits per heavy atom. The number of ether oxygens (including phenoxy) is 2. The molecule has 2 atom stereocenters. The lowest BCUT2D eigenvalue weighted by Gasteiger charge is -2.18. The van der Waals surface area contributed by atoms with Gasteiger partial charge >= 0.3 is 0 Å². The van der Waals surface area contributed by atoms with Crippen LogP contribution in [0.3, 0.4) is 0 Å². The lowest BCUT2D eigenvalue weighted by Crippen LogP contribution is -2.28. The van der Waals surface area contributed by atoms with Crippen LogP contribution >= 0.6 is 45.8 Å². The van der Waals surface area contributed by atoms with Gasteiger partial charge in [0.1, 0.15) is 0 Å². The van der Waals surface area contributed by atoms with Gasteiger partial charge in [0.25, 0.3) is 0 Å². The average molecular weight is 341 g/mol. The summed E-state index contributed by atoms with van der Waals surface area (Å²) in [6.07, 6.45) is 0.0280. The molecule has 2 unspecified atom stereocenters. The van der Waals surface area contributed by atoms with Crippen LogP contribution in [0.1, 0.15) is 6.92 Å². The van der Waals surface area contributed by atoms with Gasteiger partial charge in [0, 0.05) is 18.4 Å². The number of rotatable bonds is 8. The maximum Gasteiger partial charge on any atom is 0.0840 e. The summed E-state index contributed by atoms with van der Waals surface area (Å²) in [5.74, 6) is 1.04. The highest BCUT2D eigenvalue weighted by molar-refractivity contribution is 14.1. The van der Waals surface area contributed by atoms with Gasteiger partial charge in [0.15, 0.2) is 0 Å². The van der Waals surface area contributed by atoms with Gasteiger partial charge in [-0.15, -0.1) is 23.2 Å². The second kappa shape index (κ2) is 9.77. The number of hydrogen-bond donors (Lipinski definition) is 0. The molecule has 0 aromatic rings. The Balaban J connectivity index is 3.47. The van der Waals surface area contributed by atoms with Crippen molar-refractivity contribution in [3.63, 3.8) is 0 Å². The molecule has 5 heteroatoms. The van der Waals surface area contributed by atoms with Gasteiger partial charge in [-0.05, 0) is 6.92 Å². The summed E-state index contributed by atoms with van der Waals surface area (Å²) in [5.41, 5.74) is 0. The van der Waals surface area contributed by atoms with Crippen molar-refractivity contribution in [1.29, 1.82) is 0 Å². The van der Waals surface area contributed by atoms with E-state index in [0.717, 1.165) is 6.61 Å². The van der Waals surface area contributed by atoms with E-state index in [2.05, 4.69) is 22.6 Å². The molecule has 2 nitrogen and oxygen atoms in total. The van der Waals surface area contributed by atoms with E-state index in [1.165, 1.54) is 0 Å². The van der Waals surface area contributed by atoms with Crippen molar-refractivity contribution >= 4 is 45.8 Å². The smallest absolute Gasteiger partial charge is 0.0840 e. The topological polar surface area (TPSA) is 18.5 Å². The van der Waals surface area contributed by atoms with Gasteiger partial charge in [-0.3, -0.25) is 0 Å². The summed E-state index contributed by atoms with van der Waals surface area (Å²) in [7, 11) is 0. The van der Waals surface area contributed by atoms with E-state index >= 15 is 0 Å². The van der Waals surface area contributed by atoms with Crippen LogP contribution in [0, 0.1) is 0 Å². The molecule has 0 saturated heterocycles. The number of halogens is 3. The Hall–Kier alpha value is 1.23. The van der Waals surface area contributed by atoms with Crippen molar-refractivity contribution in [2.45, 2.75) is 17.0 Å². The van der Waals surface area contributed by atoms with Crippen LogP contribution in [0.4, 0.5) is 0 Å². The second-order valence-corrected chi connectivity index (χ2v) is 4.65. The van der Waals surface area contributed by atoms with Gasteiger partial charge in [0.2, 0.25) is 0 Å². The minimum Gasteiger partial charge on any atom is -0.379 e. The van der Waals surface area contributed by atoms with E-state index < -0.39 is 0 Å². The summed E-state index contributed by atoms with van der Waals surface area (Å²) in [6.45, 7) is 3.88. The third-order valence-electron chi connectivity index (χ3n) is 1.47. The van der Waals surface area contributed by atoms with E-state index in [1.54, 1.807) is 0 Å². The normalized spacial score (nSPS) is 15.7. The average Bonchev–Trinajstić information content (AvgIpc) is 2.17. The van der Waals surface area contributed by atoms with Gasteiger partial charge in [0.05, 0.1) is 23.2 Å². The quantitative estimate of drug-likeness (QED) is 0.384. The largest absolute Gasteiger partial charge is 0.379 e. The Labute approximate surface area is 103 Å². The first kappa shape index (κ1) is 14.2. The Morgan fingerprint density at radius 2 is 1.92 bits per heavy atom. The van der Waals surface area contributed by atoms with E-state index in [0.29, 0.717) is 25.0 Å². The van der Waals surface area contributed by atoms with Gasteiger partial charge in [-0.1, -0.05) is 22.6 Å². The molecule has 0 radical (unpaired) electrons. The molecule has 0 aliphatic carbocycles. The Morgan fingerprint density at radius 3 is 2.38 bits per heavy atom. The van der Waals surface area contributed by atoms with Crippen molar-refractivity contribution in [3.05, 3.63) is 0 Å². The molecule has 0 heterocycles. The molecular formula is C8H15Cl2IO2. The SMILES string of the molecule is CCOCCOC(CCl)C(I)CCl. The highest BCUT2D eigenvalue weighted by Crippen LogP contribution is 2.13. The van der Waals surface area contributed by atoms with Crippen molar-refractivity contribution in [3.8, 4) is 0 Å². The lowest BCUT2D eigenvalue weighted by atomic mass is 10.3. The summed E-state index contributed by atoms with van der Waals surface area (Å²) in [5, 5.41) is 0. The fraction of sp³-hybridized carbons (Fsp3) is 1.00. The Bertz CT molecular complexity index is 116. The molecule has 0 saturated carbocycles. The van der Waals surface area contributed by atoms with Gasteiger partial charge in [-0.2, -0.15) is 0 Å². The number of alkyl halides is 3. The summed E-state index contributed by atoms with van der Waals surface area (Å²) in [6, 6.07) is 0. The fourth-order valence-electron chi connectivity index (χ4n) is 0.748. The molecule has 0 aromatic carbocycles. The second-order valence-electron chi connectivity index (χ2n) is 2.43. The molecule has 13 heavy (non-hydrogen) atoms. The maximum atomic E-state index is 5.72. The monoisotopic (exact) mass is 340 g/mol. The van der Waals surface area contributed by atoms with Crippen LogP contribution in [0.5, 0.6) is 0 Å². The first-order valence-corrected chi connectivity index (χ1v) is 6.53. The van der Waals surface area contributed by atoms with Gasteiger partial charge < -0.3 is 9.47 Å². The van der Waals surface area contributed by atoms with E-state index in [1.807, 2.05) is 6.92 Å². The van der Waals surface area contributed by atoms with Crippen LogP contribution in [0.15, 0.2) is 0 Å². The highest BCUT2D eigenvalue weighted by atomic mass is 127.